The molecule has 0 aromatic heterocycles. The molecule has 0 fully saturated rings. The van der Waals surface area contributed by atoms with Gasteiger partial charge in [0.15, 0.2) is 0 Å². The third kappa shape index (κ3) is 10.5. The monoisotopic (exact) mass is 787 g/mol. The average molecular weight is 788 g/mol. The number of unbranched alkanes of at least 4 members (excludes halogenated alkanes) is 3. The number of carbonyl (C=O) groups is 2. The van der Waals surface area contributed by atoms with Gasteiger partial charge in [0.25, 0.3) is 0 Å². The summed E-state index contributed by atoms with van der Waals surface area (Å²) in [5, 5.41) is 27.0. The van der Waals surface area contributed by atoms with Crippen molar-refractivity contribution >= 4 is 62.5 Å². The highest BCUT2D eigenvalue weighted by Crippen LogP contribution is 2.42. The summed E-state index contributed by atoms with van der Waals surface area (Å²) in [6, 6.07) is 39.8. The number of hydrogen-bond donors (Lipinski definition) is 2. The third-order valence-corrected chi connectivity index (χ3v) is 9.62. The third-order valence-electron chi connectivity index (χ3n) is 9.62. The summed E-state index contributed by atoms with van der Waals surface area (Å²) >= 11 is 0. The van der Waals surface area contributed by atoms with Crippen LogP contribution in [0.3, 0.4) is 0 Å². The summed E-state index contributed by atoms with van der Waals surface area (Å²) < 4.78 is 16.5. The van der Waals surface area contributed by atoms with Crippen LogP contribution in [-0.2, 0) is 9.53 Å². The molecule has 0 amide bonds. The molecule has 0 bridgehead atoms. The molecule has 2 N–H and O–H groups in total. The number of rotatable bonds is 17. The molecule has 7 rings (SSSR count). The van der Waals surface area contributed by atoms with Gasteiger partial charge in [-0.05, 0) is 134 Å². The zero-order valence-corrected chi connectivity index (χ0v) is 33.0. The minimum Gasteiger partial charge on any atom is -0.494 e. The molecule has 298 valence electrons. The second-order valence-corrected chi connectivity index (χ2v) is 14.0. The van der Waals surface area contributed by atoms with E-state index in [1.165, 1.54) is 6.08 Å². The smallest absolute Gasteiger partial charge is 0.343 e. The van der Waals surface area contributed by atoms with E-state index in [-0.39, 0.29) is 6.17 Å². The van der Waals surface area contributed by atoms with E-state index >= 15 is 0 Å². The fourth-order valence-electron chi connectivity index (χ4n) is 6.42. The van der Waals surface area contributed by atoms with Crippen LogP contribution in [0.4, 0.5) is 39.8 Å². The zero-order chi connectivity index (χ0) is 41.0. The van der Waals surface area contributed by atoms with Crippen molar-refractivity contribution in [3.8, 4) is 11.5 Å². The van der Waals surface area contributed by atoms with E-state index in [0.717, 1.165) is 76.1 Å². The maximum atomic E-state index is 12.9. The molecule has 12 nitrogen and oxygen atoms in total. The van der Waals surface area contributed by atoms with Gasteiger partial charge in [0, 0.05) is 48.0 Å². The summed E-state index contributed by atoms with van der Waals surface area (Å²) in [4.78, 5) is 26.0. The van der Waals surface area contributed by atoms with Crippen molar-refractivity contribution in [3.63, 3.8) is 0 Å². The molecule has 0 saturated heterocycles. The lowest BCUT2D eigenvalue weighted by molar-refractivity contribution is -0.137. The van der Waals surface area contributed by atoms with Crippen LogP contribution in [0.25, 0.3) is 10.8 Å². The summed E-state index contributed by atoms with van der Waals surface area (Å²) in [6.07, 6.45) is 4.53. The van der Waals surface area contributed by atoms with Crippen LogP contribution in [-0.4, -0.2) is 39.2 Å². The summed E-state index contributed by atoms with van der Waals surface area (Å²) in [6.45, 7) is 4.34. The van der Waals surface area contributed by atoms with Gasteiger partial charge in [-0.2, -0.15) is 15.3 Å². The summed E-state index contributed by atoms with van der Waals surface area (Å²) in [5.74, 6) is 0.274. The molecule has 0 aliphatic carbocycles. The summed E-state index contributed by atoms with van der Waals surface area (Å²) in [7, 11) is 4.00. The van der Waals surface area contributed by atoms with Crippen molar-refractivity contribution in [2.45, 2.75) is 31.8 Å². The quantitative estimate of drug-likeness (QED) is 0.0306. The fraction of sp³-hybridized carbons (Fsp3) is 0.191. The van der Waals surface area contributed by atoms with Crippen LogP contribution in [0.15, 0.2) is 161 Å². The van der Waals surface area contributed by atoms with Gasteiger partial charge in [0.05, 0.1) is 41.5 Å². The van der Waals surface area contributed by atoms with E-state index < -0.39 is 11.9 Å². The standard InChI is InChI=1S/C47H45N7O5/c1-4-44(55)58-31-8-6-5-7-30-57-38-24-14-33(15-25-38)47(56)59-39-26-12-32(13-27-39)46-48-42-11-9-10-40-41(28-29-43(49-46)45(40)42)53-52-35-18-16-34(17-19-35)50-51-36-20-22-37(23-21-36)54(2)3/h4,9-29,46,48-49H,1,5-8,30-31H2,2-3H3. The largest absolute Gasteiger partial charge is 0.494 e. The van der Waals surface area contributed by atoms with Gasteiger partial charge in [-0.3, -0.25) is 0 Å². The molecule has 6 aromatic carbocycles. The lowest BCUT2D eigenvalue weighted by Gasteiger charge is -2.30. The van der Waals surface area contributed by atoms with Crippen molar-refractivity contribution in [1.29, 1.82) is 0 Å². The minimum absolute atomic E-state index is 0.215. The number of anilines is 3. The maximum Gasteiger partial charge on any atom is 0.343 e. The van der Waals surface area contributed by atoms with Crippen LogP contribution in [0.1, 0.15) is 47.8 Å². The van der Waals surface area contributed by atoms with Crippen LogP contribution < -0.4 is 25.0 Å². The van der Waals surface area contributed by atoms with Gasteiger partial charge >= 0.3 is 11.9 Å². The van der Waals surface area contributed by atoms with Crippen molar-refractivity contribution in [2.75, 3.05) is 42.8 Å². The lowest BCUT2D eigenvalue weighted by Crippen LogP contribution is -2.23. The van der Waals surface area contributed by atoms with Gasteiger partial charge in [0.2, 0.25) is 0 Å². The minimum atomic E-state index is -0.453. The van der Waals surface area contributed by atoms with Gasteiger partial charge in [-0.1, -0.05) is 30.8 Å². The first-order valence-corrected chi connectivity index (χ1v) is 19.5. The molecule has 0 spiro atoms. The van der Waals surface area contributed by atoms with Crippen molar-refractivity contribution < 1.29 is 23.8 Å². The normalized spacial score (nSPS) is 13.2. The number of azo groups is 2. The van der Waals surface area contributed by atoms with Crippen molar-refractivity contribution in [3.05, 3.63) is 151 Å². The zero-order valence-electron chi connectivity index (χ0n) is 33.0. The van der Waals surface area contributed by atoms with E-state index in [2.05, 4.69) is 37.7 Å². The van der Waals surface area contributed by atoms with E-state index in [4.69, 9.17) is 14.2 Å². The van der Waals surface area contributed by atoms with E-state index in [0.29, 0.717) is 36.0 Å². The predicted molar refractivity (Wildman–Crippen MR) is 232 cm³/mol. The van der Waals surface area contributed by atoms with Gasteiger partial charge < -0.3 is 29.7 Å². The van der Waals surface area contributed by atoms with Crippen LogP contribution in [0, 0.1) is 0 Å². The first-order valence-electron chi connectivity index (χ1n) is 19.5. The molecule has 59 heavy (non-hydrogen) atoms. The molecule has 1 heterocycles. The Balaban J connectivity index is 0.903. The topological polar surface area (TPSA) is 139 Å². The van der Waals surface area contributed by atoms with E-state index in [9.17, 15) is 9.59 Å². The van der Waals surface area contributed by atoms with E-state index in [1.54, 1.807) is 36.4 Å². The van der Waals surface area contributed by atoms with Crippen molar-refractivity contribution in [2.24, 2.45) is 20.5 Å². The number of nitrogens with one attached hydrogen (secondary N) is 2. The lowest BCUT2D eigenvalue weighted by atomic mass is 10.0. The Kier molecular flexibility index (Phi) is 13.0. The molecular formula is C47H45N7O5. The molecule has 12 heteroatoms. The Bertz CT molecular complexity index is 2440. The molecule has 1 aliphatic heterocycles. The first kappa shape index (κ1) is 39.9. The van der Waals surface area contributed by atoms with Crippen LogP contribution in [0.2, 0.25) is 0 Å². The molecule has 1 unspecified atom stereocenters. The Labute approximate surface area is 343 Å². The van der Waals surface area contributed by atoms with Crippen molar-refractivity contribution in [1.82, 2.24) is 0 Å². The number of nitrogens with zero attached hydrogens (tertiary/aromatic N) is 5. The molecule has 6 aromatic rings. The molecule has 0 saturated carbocycles. The molecule has 1 aliphatic rings. The highest BCUT2D eigenvalue weighted by atomic mass is 16.5. The fourth-order valence-corrected chi connectivity index (χ4v) is 6.42. The molecule has 0 radical (unpaired) electrons. The number of carbonyl (C=O) groups excluding carboxylic acids is 2. The Morgan fingerprint density at radius 2 is 1.25 bits per heavy atom. The number of benzene rings is 6. The maximum absolute atomic E-state index is 12.9. The number of ether oxygens (including phenoxy) is 3. The Morgan fingerprint density at radius 3 is 1.90 bits per heavy atom. The molecular weight excluding hydrogens is 743 g/mol. The number of hydrogen-bond acceptors (Lipinski definition) is 12. The second-order valence-electron chi connectivity index (χ2n) is 14.0. The first-order chi connectivity index (χ1) is 28.8. The Hall–Kier alpha value is -7.34. The average Bonchev–Trinajstić information content (AvgIpc) is 3.27. The van der Waals surface area contributed by atoms with Gasteiger partial charge in [0.1, 0.15) is 17.7 Å². The number of esters is 2. The predicted octanol–water partition coefficient (Wildman–Crippen LogP) is 12.2. The molecule has 1 atom stereocenters. The SMILES string of the molecule is C=CC(=O)OCCCCCCOc1ccc(C(=O)Oc2ccc(C3Nc4cccc5c(N=Nc6ccc(N=Nc7ccc(N(C)C)cc7)cc6)ccc(c45)N3)cc2)cc1. The second kappa shape index (κ2) is 19.2. The highest BCUT2D eigenvalue weighted by Gasteiger charge is 2.22. The van der Waals surface area contributed by atoms with E-state index in [1.807, 2.05) is 110 Å². The Morgan fingerprint density at radius 1 is 0.661 bits per heavy atom. The highest BCUT2D eigenvalue weighted by molar-refractivity contribution is 6.09. The summed E-state index contributed by atoms with van der Waals surface area (Å²) in [5.41, 5.74) is 7.39. The van der Waals surface area contributed by atoms with Gasteiger partial charge in [-0.15, -0.1) is 5.11 Å². The van der Waals surface area contributed by atoms with Gasteiger partial charge in [-0.25, -0.2) is 9.59 Å². The van der Waals surface area contributed by atoms with Crippen LogP contribution >= 0.6 is 0 Å². The van der Waals surface area contributed by atoms with Crippen LogP contribution in [0.5, 0.6) is 11.5 Å².